The molecular weight excluding hydrogens is 164 g/mol. The third kappa shape index (κ3) is 6.32. The van der Waals surface area contributed by atoms with E-state index in [2.05, 4.69) is 0 Å². The van der Waals surface area contributed by atoms with Crippen molar-refractivity contribution in [1.82, 2.24) is 0 Å². The molecule has 0 fully saturated rings. The average Bonchev–Trinajstić information content (AvgIpc) is 1.63. The Bertz CT molecular complexity index is 134. The number of rotatable bonds is 3. The smallest absolute Gasteiger partial charge is 0.550 e. The first kappa shape index (κ1) is 12.8. The van der Waals surface area contributed by atoms with E-state index in [1.807, 2.05) is 0 Å². The van der Waals surface area contributed by atoms with Crippen LogP contribution in [0.4, 0.5) is 0 Å². The van der Waals surface area contributed by atoms with Crippen LogP contribution in [0.3, 0.4) is 0 Å². The van der Waals surface area contributed by atoms with Crippen LogP contribution in [-0.4, -0.2) is 49.7 Å². The molecule has 0 rings (SSSR count). The minimum atomic E-state index is -1.37. The first-order valence-corrected chi connectivity index (χ1v) is 2.44. The van der Waals surface area contributed by atoms with Crippen LogP contribution in [0.1, 0.15) is 13.3 Å². The molecule has 10 heavy (non-hydrogen) atoms. The number of carbonyl (C=O) groups excluding carboxylic acids is 2. The molecule has 0 aromatic rings. The standard InChI is InChI=1S/C5H8O4.Ca/c1-3(5(8)9)2-4(6)7;/h3H,2H2,1H3,(H,6,7)(H,8,9);/q;+2/p-2. The van der Waals surface area contributed by atoms with Gasteiger partial charge in [0.1, 0.15) is 0 Å². The molecule has 0 aliphatic carbocycles. The van der Waals surface area contributed by atoms with Crippen LogP contribution in [0.5, 0.6) is 0 Å². The van der Waals surface area contributed by atoms with Crippen molar-refractivity contribution in [3.63, 3.8) is 0 Å². The van der Waals surface area contributed by atoms with E-state index < -0.39 is 24.3 Å². The zero-order valence-electron chi connectivity index (χ0n) is 5.62. The van der Waals surface area contributed by atoms with Gasteiger partial charge < -0.3 is 19.8 Å². The molecule has 4 nitrogen and oxygen atoms in total. The van der Waals surface area contributed by atoms with Crippen molar-refractivity contribution in [3.05, 3.63) is 0 Å². The van der Waals surface area contributed by atoms with Crippen LogP contribution in [-0.2, 0) is 9.59 Å². The molecule has 0 radical (unpaired) electrons. The zero-order valence-corrected chi connectivity index (χ0v) is 7.83. The second-order valence-electron chi connectivity index (χ2n) is 1.80. The quantitative estimate of drug-likeness (QED) is 0.426. The molecule has 1 atom stereocenters. The van der Waals surface area contributed by atoms with E-state index in [1.54, 1.807) is 0 Å². The summed E-state index contributed by atoms with van der Waals surface area (Å²) in [5.41, 5.74) is 0. The molecule has 52 valence electrons. The first-order valence-electron chi connectivity index (χ1n) is 2.44. The van der Waals surface area contributed by atoms with Crippen LogP contribution in [0.15, 0.2) is 0 Å². The number of hydrogen-bond acceptors (Lipinski definition) is 4. The molecule has 0 heterocycles. The maximum atomic E-state index is 9.83. The normalized spacial score (nSPS) is 11.3. The Morgan fingerprint density at radius 1 is 1.40 bits per heavy atom. The first-order chi connectivity index (χ1) is 4.04. The van der Waals surface area contributed by atoms with Crippen LogP contribution in [0, 0.1) is 5.92 Å². The van der Waals surface area contributed by atoms with Gasteiger partial charge in [-0.2, -0.15) is 0 Å². The Labute approximate surface area is 88.2 Å². The molecule has 0 aliphatic rings. The number of carboxylic acids is 2. The van der Waals surface area contributed by atoms with Gasteiger partial charge in [0.2, 0.25) is 0 Å². The van der Waals surface area contributed by atoms with Crippen LogP contribution in [0.25, 0.3) is 0 Å². The van der Waals surface area contributed by atoms with E-state index in [0.29, 0.717) is 0 Å². The van der Waals surface area contributed by atoms with Gasteiger partial charge in [0.25, 0.3) is 0 Å². The summed E-state index contributed by atoms with van der Waals surface area (Å²) in [7, 11) is 0. The third-order valence-corrected chi connectivity index (χ3v) is 0.875. The van der Waals surface area contributed by atoms with Crippen molar-refractivity contribution in [3.8, 4) is 0 Å². The Morgan fingerprint density at radius 3 is 1.90 bits per heavy atom. The van der Waals surface area contributed by atoms with Crippen molar-refractivity contribution in [2.75, 3.05) is 0 Å². The summed E-state index contributed by atoms with van der Waals surface area (Å²) >= 11 is 0. The van der Waals surface area contributed by atoms with Crippen LogP contribution in [0.2, 0.25) is 0 Å². The minimum absolute atomic E-state index is 0. The average molecular weight is 170 g/mol. The van der Waals surface area contributed by atoms with E-state index >= 15 is 0 Å². The fourth-order valence-electron chi connectivity index (χ4n) is 0.333. The van der Waals surface area contributed by atoms with Crippen molar-refractivity contribution in [2.45, 2.75) is 13.3 Å². The van der Waals surface area contributed by atoms with Gasteiger partial charge in [-0.3, -0.25) is 0 Å². The summed E-state index contributed by atoms with van der Waals surface area (Å²) in [5, 5.41) is 19.5. The number of aliphatic carboxylic acids is 2. The molecule has 0 bridgehead atoms. The van der Waals surface area contributed by atoms with Crippen molar-refractivity contribution < 1.29 is 19.8 Å². The molecule has 0 aromatic carbocycles. The van der Waals surface area contributed by atoms with Crippen molar-refractivity contribution in [2.24, 2.45) is 5.92 Å². The van der Waals surface area contributed by atoms with E-state index in [4.69, 9.17) is 0 Å². The number of hydrogen-bond donors (Lipinski definition) is 0. The Hall–Kier alpha value is 0.200. The summed E-state index contributed by atoms with van der Waals surface area (Å²) in [6.07, 6.45) is -0.484. The van der Waals surface area contributed by atoms with Gasteiger partial charge in [0, 0.05) is 17.9 Å². The number of carbonyl (C=O) groups is 2. The third-order valence-electron chi connectivity index (χ3n) is 0.875. The van der Waals surface area contributed by atoms with Gasteiger partial charge in [-0.25, -0.2) is 0 Å². The molecule has 0 N–H and O–H groups in total. The Kier molecular flexibility index (Phi) is 7.63. The van der Waals surface area contributed by atoms with Crippen LogP contribution >= 0.6 is 0 Å². The molecule has 0 amide bonds. The van der Waals surface area contributed by atoms with Gasteiger partial charge in [0.05, 0.1) is 0 Å². The van der Waals surface area contributed by atoms with Gasteiger partial charge in [-0.1, -0.05) is 6.92 Å². The van der Waals surface area contributed by atoms with Gasteiger partial charge in [-0.05, 0) is 6.42 Å². The maximum absolute atomic E-state index is 9.83. The molecule has 0 aromatic heterocycles. The number of carboxylic acid groups (broad SMARTS) is 2. The fourth-order valence-corrected chi connectivity index (χ4v) is 0.333. The van der Waals surface area contributed by atoms with Crippen molar-refractivity contribution in [1.29, 1.82) is 0 Å². The molecule has 1 unspecified atom stereocenters. The molecular formula is C5H6CaO4. The Morgan fingerprint density at radius 2 is 1.80 bits per heavy atom. The monoisotopic (exact) mass is 170 g/mol. The molecule has 0 aliphatic heterocycles. The summed E-state index contributed by atoms with van der Waals surface area (Å²) in [6.45, 7) is 1.26. The maximum Gasteiger partial charge on any atom is 2.00 e. The van der Waals surface area contributed by atoms with Crippen LogP contribution < -0.4 is 10.2 Å². The predicted octanol–water partition coefficient (Wildman–Crippen LogP) is -2.87. The predicted molar refractivity (Wildman–Crippen MR) is 29.5 cm³/mol. The van der Waals surface area contributed by atoms with E-state index in [9.17, 15) is 19.8 Å². The van der Waals surface area contributed by atoms with E-state index in [-0.39, 0.29) is 37.7 Å². The van der Waals surface area contributed by atoms with E-state index in [0.717, 1.165) is 0 Å². The second-order valence-corrected chi connectivity index (χ2v) is 1.80. The van der Waals surface area contributed by atoms with Gasteiger partial charge in [-0.15, -0.1) is 0 Å². The topological polar surface area (TPSA) is 80.3 Å². The summed E-state index contributed by atoms with van der Waals surface area (Å²) in [5.74, 6) is -3.69. The van der Waals surface area contributed by atoms with E-state index in [1.165, 1.54) is 6.92 Å². The minimum Gasteiger partial charge on any atom is -0.550 e. The molecule has 0 saturated carbocycles. The second kappa shape index (κ2) is 5.95. The summed E-state index contributed by atoms with van der Waals surface area (Å²) in [6, 6.07) is 0. The Balaban J connectivity index is 0. The SMILES string of the molecule is CC(CC(=O)[O-])C(=O)[O-].[Ca+2]. The van der Waals surface area contributed by atoms with Crippen molar-refractivity contribution >= 4 is 49.7 Å². The molecule has 0 spiro atoms. The zero-order chi connectivity index (χ0) is 7.44. The molecule has 0 saturated heterocycles. The molecule has 5 heteroatoms. The summed E-state index contributed by atoms with van der Waals surface area (Å²) in [4.78, 5) is 19.5. The van der Waals surface area contributed by atoms with Gasteiger partial charge in [0.15, 0.2) is 0 Å². The fraction of sp³-hybridized carbons (Fsp3) is 0.600. The largest absolute Gasteiger partial charge is 2.00 e. The summed E-state index contributed by atoms with van der Waals surface area (Å²) < 4.78 is 0. The van der Waals surface area contributed by atoms with Gasteiger partial charge >= 0.3 is 37.7 Å².